The van der Waals surface area contributed by atoms with Crippen LogP contribution in [0.2, 0.25) is 0 Å². The maximum Gasteiger partial charge on any atom is 0.306 e. The molecule has 1 spiro atoms. The first-order valence-corrected chi connectivity index (χ1v) is 14.7. The summed E-state index contributed by atoms with van der Waals surface area (Å²) in [7, 11) is 1.71. The molecule has 8 nitrogen and oxygen atoms in total. The average molecular weight is 535 g/mol. The Morgan fingerprint density at radius 3 is 2.45 bits per heavy atom. The zero-order valence-electron chi connectivity index (χ0n) is 24.3. The van der Waals surface area contributed by atoms with Gasteiger partial charge in [0, 0.05) is 19.6 Å². The SMILES string of the molecule is COC1C(OC(=O)CC2CCC(NC(=O)CNCC(C)C)CC2)CC[C@]2(CO2)C1C1(C)O[C@@H]1CC=C(C)C. The van der Waals surface area contributed by atoms with Gasteiger partial charge in [0.05, 0.1) is 25.2 Å². The van der Waals surface area contributed by atoms with Crippen LogP contribution < -0.4 is 10.6 Å². The molecule has 38 heavy (non-hydrogen) atoms. The number of carbonyl (C=O) groups excluding carboxylic acids is 2. The van der Waals surface area contributed by atoms with Gasteiger partial charge in [-0.25, -0.2) is 0 Å². The van der Waals surface area contributed by atoms with Crippen LogP contribution in [-0.4, -0.2) is 74.2 Å². The molecule has 2 saturated carbocycles. The molecule has 4 aliphatic rings. The molecule has 4 unspecified atom stereocenters. The molecule has 2 aliphatic heterocycles. The molecule has 6 atom stereocenters. The van der Waals surface area contributed by atoms with Gasteiger partial charge in [-0.1, -0.05) is 25.5 Å². The number of carbonyl (C=O) groups is 2. The van der Waals surface area contributed by atoms with Crippen molar-refractivity contribution < 1.29 is 28.5 Å². The zero-order chi connectivity index (χ0) is 27.5. The summed E-state index contributed by atoms with van der Waals surface area (Å²) in [5.74, 6) is 0.771. The standard InChI is InChI=1S/C30H50N2O6/c1-19(2)7-12-24-29(5,38-24)28-27(35-6)23(13-14-30(28)18-36-30)37-26(34)15-21-8-10-22(11-9-21)32-25(33)17-31-16-20(3)4/h7,20-24,27-28,31H,8-18H2,1-6H3,(H,32,33)/t21?,22?,23?,24-,27?,28?,29?,30+/m1/s1. The van der Waals surface area contributed by atoms with E-state index in [0.29, 0.717) is 24.8 Å². The van der Waals surface area contributed by atoms with E-state index in [4.69, 9.17) is 18.9 Å². The summed E-state index contributed by atoms with van der Waals surface area (Å²) in [6, 6.07) is 0.195. The van der Waals surface area contributed by atoms with Crippen LogP contribution in [0.3, 0.4) is 0 Å². The second kappa shape index (κ2) is 12.4. The number of methoxy groups -OCH3 is 1. The zero-order valence-corrected chi connectivity index (χ0v) is 24.3. The lowest BCUT2D eigenvalue weighted by molar-refractivity contribution is -0.173. The molecule has 0 radical (unpaired) electrons. The van der Waals surface area contributed by atoms with Crippen LogP contribution >= 0.6 is 0 Å². The highest BCUT2D eigenvalue weighted by atomic mass is 16.6. The number of esters is 1. The van der Waals surface area contributed by atoms with Crippen LogP contribution in [0.15, 0.2) is 11.6 Å². The average Bonchev–Trinajstić information content (AvgIpc) is 3.77. The lowest BCUT2D eigenvalue weighted by atomic mass is 9.68. The molecule has 0 aromatic rings. The van der Waals surface area contributed by atoms with Crippen molar-refractivity contribution in [3.05, 3.63) is 11.6 Å². The Bertz CT molecular complexity index is 859. The number of nitrogens with one attached hydrogen (secondary N) is 2. The van der Waals surface area contributed by atoms with Crippen LogP contribution in [0.1, 0.15) is 86.0 Å². The lowest BCUT2D eigenvalue weighted by Crippen LogP contribution is -2.55. The fourth-order valence-corrected chi connectivity index (χ4v) is 6.79. The highest BCUT2D eigenvalue weighted by Crippen LogP contribution is 2.59. The topological polar surface area (TPSA) is 102 Å². The fraction of sp³-hybridized carbons (Fsp3) is 0.867. The Kier molecular flexibility index (Phi) is 9.60. The number of allylic oxidation sites excluding steroid dienone is 1. The van der Waals surface area contributed by atoms with Gasteiger partial charge in [0.25, 0.3) is 0 Å². The Morgan fingerprint density at radius 2 is 1.84 bits per heavy atom. The van der Waals surface area contributed by atoms with Crippen molar-refractivity contribution >= 4 is 11.9 Å². The summed E-state index contributed by atoms with van der Waals surface area (Å²) in [5.41, 5.74) is 0.737. The highest BCUT2D eigenvalue weighted by Gasteiger charge is 2.72. The third-order valence-corrected chi connectivity index (χ3v) is 9.03. The molecule has 1 amide bonds. The van der Waals surface area contributed by atoms with Crippen molar-refractivity contribution in [2.24, 2.45) is 17.8 Å². The van der Waals surface area contributed by atoms with Gasteiger partial charge in [-0.2, -0.15) is 0 Å². The van der Waals surface area contributed by atoms with Crippen LogP contribution in [0.5, 0.6) is 0 Å². The van der Waals surface area contributed by atoms with Crippen LogP contribution in [0.25, 0.3) is 0 Å². The summed E-state index contributed by atoms with van der Waals surface area (Å²) in [6.07, 6.45) is 8.41. The molecule has 216 valence electrons. The normalized spacial score (nSPS) is 38.1. The molecule has 8 heteroatoms. The van der Waals surface area contributed by atoms with E-state index in [1.807, 2.05) is 0 Å². The van der Waals surface area contributed by atoms with Crippen LogP contribution in [0, 0.1) is 17.8 Å². The van der Waals surface area contributed by atoms with Crippen molar-refractivity contribution in [1.29, 1.82) is 0 Å². The molecule has 0 bridgehead atoms. The van der Waals surface area contributed by atoms with Crippen molar-refractivity contribution in [3.8, 4) is 0 Å². The van der Waals surface area contributed by atoms with Crippen molar-refractivity contribution in [1.82, 2.24) is 10.6 Å². The van der Waals surface area contributed by atoms with Crippen molar-refractivity contribution in [3.63, 3.8) is 0 Å². The maximum atomic E-state index is 13.0. The molecule has 0 aromatic heterocycles. The van der Waals surface area contributed by atoms with E-state index in [-0.39, 0.29) is 53.4 Å². The monoisotopic (exact) mass is 534 g/mol. The first kappa shape index (κ1) is 29.5. The van der Waals surface area contributed by atoms with E-state index in [9.17, 15) is 9.59 Å². The summed E-state index contributed by atoms with van der Waals surface area (Å²) < 4.78 is 24.4. The Labute approximate surface area is 228 Å². The van der Waals surface area contributed by atoms with Crippen molar-refractivity contribution in [2.45, 2.75) is 122 Å². The summed E-state index contributed by atoms with van der Waals surface area (Å²) in [5, 5.41) is 6.33. The van der Waals surface area contributed by atoms with Gasteiger partial charge in [-0.3, -0.25) is 9.59 Å². The predicted octanol–water partition coefficient (Wildman–Crippen LogP) is 3.92. The number of ether oxygens (including phenoxy) is 4. The van der Waals surface area contributed by atoms with Gasteiger partial charge >= 0.3 is 5.97 Å². The number of epoxide rings is 2. The number of amides is 1. The first-order chi connectivity index (χ1) is 18.1. The first-order valence-electron chi connectivity index (χ1n) is 14.7. The number of hydrogen-bond acceptors (Lipinski definition) is 7. The third-order valence-electron chi connectivity index (χ3n) is 9.03. The van der Waals surface area contributed by atoms with Crippen molar-refractivity contribution in [2.75, 3.05) is 26.8 Å². The largest absolute Gasteiger partial charge is 0.460 e. The van der Waals surface area contributed by atoms with Gasteiger partial charge in [0.1, 0.15) is 23.4 Å². The lowest BCUT2D eigenvalue weighted by Gasteiger charge is -2.42. The Morgan fingerprint density at radius 1 is 1.13 bits per heavy atom. The molecule has 2 heterocycles. The quantitative estimate of drug-likeness (QED) is 0.222. The minimum atomic E-state index is -0.332. The van der Waals surface area contributed by atoms with E-state index in [0.717, 1.165) is 58.1 Å². The minimum absolute atomic E-state index is 0.0381. The fourth-order valence-electron chi connectivity index (χ4n) is 6.79. The van der Waals surface area contributed by atoms with E-state index >= 15 is 0 Å². The molecule has 2 N–H and O–H groups in total. The molecular formula is C30H50N2O6. The minimum Gasteiger partial charge on any atom is -0.460 e. The summed E-state index contributed by atoms with van der Waals surface area (Å²) in [6.45, 7) is 12.5. The highest BCUT2D eigenvalue weighted by molar-refractivity contribution is 5.78. The molecular weight excluding hydrogens is 484 g/mol. The van der Waals surface area contributed by atoms with E-state index in [1.165, 1.54) is 5.57 Å². The molecule has 0 aromatic carbocycles. The van der Waals surface area contributed by atoms with E-state index < -0.39 is 0 Å². The Hall–Kier alpha value is -1.48. The van der Waals surface area contributed by atoms with Gasteiger partial charge in [-0.05, 0) is 84.1 Å². The summed E-state index contributed by atoms with van der Waals surface area (Å²) >= 11 is 0. The van der Waals surface area contributed by atoms with Crippen LogP contribution in [-0.2, 0) is 28.5 Å². The molecule has 4 rings (SSSR count). The number of rotatable bonds is 12. The van der Waals surface area contributed by atoms with Gasteiger partial charge in [-0.15, -0.1) is 0 Å². The summed E-state index contributed by atoms with van der Waals surface area (Å²) in [4.78, 5) is 25.2. The molecule has 2 saturated heterocycles. The van der Waals surface area contributed by atoms with E-state index in [2.05, 4.69) is 51.3 Å². The van der Waals surface area contributed by atoms with Crippen LogP contribution in [0.4, 0.5) is 0 Å². The van der Waals surface area contributed by atoms with E-state index in [1.54, 1.807) is 7.11 Å². The third kappa shape index (κ3) is 7.18. The second-order valence-corrected chi connectivity index (χ2v) is 12.9. The number of hydrogen-bond donors (Lipinski definition) is 2. The maximum absolute atomic E-state index is 13.0. The van der Waals surface area contributed by atoms with Gasteiger partial charge in [0.2, 0.25) is 5.91 Å². The molecule has 4 fully saturated rings. The second-order valence-electron chi connectivity index (χ2n) is 12.9. The van der Waals surface area contributed by atoms with Gasteiger partial charge < -0.3 is 29.6 Å². The Balaban J connectivity index is 1.24. The molecule has 2 aliphatic carbocycles. The van der Waals surface area contributed by atoms with Gasteiger partial charge in [0.15, 0.2) is 0 Å². The predicted molar refractivity (Wildman–Crippen MR) is 146 cm³/mol. The smallest absolute Gasteiger partial charge is 0.306 e.